The van der Waals surface area contributed by atoms with Gasteiger partial charge < -0.3 is 23.9 Å². The molecule has 120 valence electrons. The summed E-state index contributed by atoms with van der Waals surface area (Å²) in [7, 11) is 0. The molecule has 0 aliphatic heterocycles. The molecule has 0 saturated heterocycles. The van der Waals surface area contributed by atoms with Gasteiger partial charge in [0, 0.05) is 6.61 Å². The molecule has 21 heavy (non-hydrogen) atoms. The second kappa shape index (κ2) is 12.3. The highest BCUT2D eigenvalue weighted by molar-refractivity contribution is 5.04. The predicted molar refractivity (Wildman–Crippen MR) is 77.7 cm³/mol. The lowest BCUT2D eigenvalue weighted by Gasteiger charge is -2.07. The number of H-pyrrole nitrogens is 1. The van der Waals surface area contributed by atoms with Crippen molar-refractivity contribution in [3.8, 4) is 5.88 Å². The molecular weight excluding hydrogens is 276 g/mol. The van der Waals surface area contributed by atoms with Gasteiger partial charge in [-0.15, -0.1) is 0 Å². The van der Waals surface area contributed by atoms with Crippen molar-refractivity contribution in [3.05, 3.63) is 22.7 Å². The molecule has 1 heterocycles. The van der Waals surface area contributed by atoms with Crippen molar-refractivity contribution in [2.45, 2.75) is 19.8 Å². The lowest BCUT2D eigenvalue weighted by molar-refractivity contribution is 0.00871. The average Bonchev–Trinajstić information content (AvgIpc) is 2.48. The Hall–Kier alpha value is -1.44. The summed E-state index contributed by atoms with van der Waals surface area (Å²) < 4.78 is 21.3. The van der Waals surface area contributed by atoms with Crippen LogP contribution in [-0.2, 0) is 14.2 Å². The summed E-state index contributed by atoms with van der Waals surface area (Å²) in [6.07, 6.45) is 3.53. The molecule has 0 aliphatic carbocycles. The molecule has 0 fully saturated rings. The SMILES string of the molecule is CCCCOCCOCCOCCOc1cc(=O)[nH]cn1. The molecule has 0 amide bonds. The number of aromatic nitrogens is 2. The van der Waals surface area contributed by atoms with Gasteiger partial charge in [-0.2, -0.15) is 0 Å². The number of ether oxygens (including phenoxy) is 4. The van der Waals surface area contributed by atoms with Gasteiger partial charge in [-0.25, -0.2) is 4.98 Å². The minimum atomic E-state index is -0.240. The molecule has 1 aromatic heterocycles. The standard InChI is InChI=1S/C14H24N2O5/c1-2-3-4-18-5-6-19-7-8-20-9-10-21-14-11-13(17)15-12-16-14/h11-12H,2-10H2,1H3,(H,15,16,17). The van der Waals surface area contributed by atoms with Gasteiger partial charge in [0.05, 0.1) is 45.4 Å². The van der Waals surface area contributed by atoms with Gasteiger partial charge in [0.1, 0.15) is 6.61 Å². The number of hydrogen-bond acceptors (Lipinski definition) is 6. The Morgan fingerprint density at radius 3 is 2.24 bits per heavy atom. The van der Waals surface area contributed by atoms with Crippen LogP contribution < -0.4 is 10.3 Å². The van der Waals surface area contributed by atoms with E-state index in [-0.39, 0.29) is 5.56 Å². The van der Waals surface area contributed by atoms with E-state index in [1.807, 2.05) is 0 Å². The van der Waals surface area contributed by atoms with Crippen LogP contribution in [0.25, 0.3) is 0 Å². The largest absolute Gasteiger partial charge is 0.475 e. The Balaban J connectivity index is 1.83. The fourth-order valence-electron chi connectivity index (χ4n) is 1.42. The van der Waals surface area contributed by atoms with E-state index in [1.165, 1.54) is 12.4 Å². The van der Waals surface area contributed by atoms with Crippen LogP contribution in [0.1, 0.15) is 19.8 Å². The molecule has 7 nitrogen and oxygen atoms in total. The molecular formula is C14H24N2O5. The molecule has 0 aliphatic rings. The van der Waals surface area contributed by atoms with Gasteiger partial charge >= 0.3 is 0 Å². The fraction of sp³-hybridized carbons (Fsp3) is 0.714. The Morgan fingerprint density at radius 2 is 1.62 bits per heavy atom. The van der Waals surface area contributed by atoms with Crippen molar-refractivity contribution in [1.82, 2.24) is 9.97 Å². The lowest BCUT2D eigenvalue weighted by atomic mass is 10.4. The molecule has 1 N–H and O–H groups in total. The van der Waals surface area contributed by atoms with Gasteiger partial charge in [0.2, 0.25) is 5.88 Å². The van der Waals surface area contributed by atoms with E-state index in [4.69, 9.17) is 18.9 Å². The van der Waals surface area contributed by atoms with Gasteiger partial charge in [0.15, 0.2) is 0 Å². The van der Waals surface area contributed by atoms with Crippen molar-refractivity contribution >= 4 is 0 Å². The van der Waals surface area contributed by atoms with Gasteiger partial charge in [-0.05, 0) is 6.42 Å². The smallest absolute Gasteiger partial charge is 0.254 e. The minimum absolute atomic E-state index is 0.240. The third-order valence-corrected chi connectivity index (χ3v) is 2.52. The first-order valence-electron chi connectivity index (χ1n) is 7.23. The summed E-state index contributed by atoms with van der Waals surface area (Å²) in [5.74, 6) is 0.294. The summed E-state index contributed by atoms with van der Waals surface area (Å²) in [5.41, 5.74) is -0.240. The third-order valence-electron chi connectivity index (χ3n) is 2.52. The van der Waals surface area contributed by atoms with E-state index in [0.29, 0.717) is 45.5 Å². The lowest BCUT2D eigenvalue weighted by Crippen LogP contribution is -2.14. The number of unbranched alkanes of at least 4 members (excludes halogenated alkanes) is 1. The normalized spacial score (nSPS) is 10.7. The molecule has 0 aromatic carbocycles. The molecule has 1 aromatic rings. The first kappa shape index (κ1) is 17.6. The van der Waals surface area contributed by atoms with E-state index in [9.17, 15) is 4.79 Å². The number of aromatic amines is 1. The second-order valence-electron chi connectivity index (χ2n) is 4.29. The van der Waals surface area contributed by atoms with E-state index in [1.54, 1.807) is 0 Å². The van der Waals surface area contributed by atoms with E-state index in [0.717, 1.165) is 19.4 Å². The Bertz CT molecular complexity index is 410. The summed E-state index contributed by atoms with van der Waals surface area (Å²) in [5, 5.41) is 0. The molecule has 0 spiro atoms. The van der Waals surface area contributed by atoms with Crippen molar-refractivity contribution < 1.29 is 18.9 Å². The summed E-state index contributed by atoms with van der Waals surface area (Å²) in [6.45, 7) is 5.93. The number of nitrogens with zero attached hydrogens (tertiary/aromatic N) is 1. The molecule has 0 atom stereocenters. The molecule has 0 bridgehead atoms. The highest BCUT2D eigenvalue weighted by Crippen LogP contribution is 1.97. The van der Waals surface area contributed by atoms with Gasteiger partial charge in [0.25, 0.3) is 5.56 Å². The third kappa shape index (κ3) is 10.0. The zero-order valence-electron chi connectivity index (χ0n) is 12.5. The Morgan fingerprint density at radius 1 is 1.00 bits per heavy atom. The molecule has 0 radical (unpaired) electrons. The van der Waals surface area contributed by atoms with Crippen molar-refractivity contribution in [3.63, 3.8) is 0 Å². The summed E-state index contributed by atoms with van der Waals surface area (Å²) >= 11 is 0. The molecule has 1 rings (SSSR count). The minimum Gasteiger partial charge on any atom is -0.475 e. The first-order chi connectivity index (χ1) is 10.3. The van der Waals surface area contributed by atoms with Crippen molar-refractivity contribution in [1.29, 1.82) is 0 Å². The van der Waals surface area contributed by atoms with Crippen LogP contribution in [0.4, 0.5) is 0 Å². The topological polar surface area (TPSA) is 82.7 Å². The van der Waals surface area contributed by atoms with Crippen LogP contribution in [0.3, 0.4) is 0 Å². The van der Waals surface area contributed by atoms with Gasteiger partial charge in [-0.3, -0.25) is 4.79 Å². The summed E-state index contributed by atoms with van der Waals surface area (Å²) in [4.78, 5) is 17.2. The summed E-state index contributed by atoms with van der Waals surface area (Å²) in [6, 6.07) is 1.29. The van der Waals surface area contributed by atoms with Crippen LogP contribution in [0.15, 0.2) is 17.2 Å². The number of hydrogen-bond donors (Lipinski definition) is 1. The second-order valence-corrected chi connectivity index (χ2v) is 4.29. The quantitative estimate of drug-likeness (QED) is 0.547. The van der Waals surface area contributed by atoms with Crippen LogP contribution in [0, 0.1) is 0 Å². The Labute approximate surface area is 124 Å². The molecule has 7 heteroatoms. The van der Waals surface area contributed by atoms with Crippen molar-refractivity contribution in [2.75, 3.05) is 46.2 Å². The van der Waals surface area contributed by atoms with E-state index >= 15 is 0 Å². The fourth-order valence-corrected chi connectivity index (χ4v) is 1.42. The number of nitrogens with one attached hydrogen (secondary N) is 1. The van der Waals surface area contributed by atoms with Crippen LogP contribution >= 0.6 is 0 Å². The number of rotatable bonds is 13. The molecule has 0 saturated carbocycles. The zero-order valence-corrected chi connectivity index (χ0v) is 12.5. The first-order valence-corrected chi connectivity index (χ1v) is 7.23. The van der Waals surface area contributed by atoms with E-state index in [2.05, 4.69) is 16.9 Å². The monoisotopic (exact) mass is 300 g/mol. The Kier molecular flexibility index (Phi) is 10.3. The average molecular weight is 300 g/mol. The highest BCUT2D eigenvalue weighted by atomic mass is 16.6. The predicted octanol–water partition coefficient (Wildman–Crippen LogP) is 0.999. The van der Waals surface area contributed by atoms with Crippen molar-refractivity contribution in [2.24, 2.45) is 0 Å². The van der Waals surface area contributed by atoms with E-state index < -0.39 is 0 Å². The van der Waals surface area contributed by atoms with Crippen LogP contribution in [0.5, 0.6) is 5.88 Å². The van der Waals surface area contributed by atoms with Crippen LogP contribution in [-0.4, -0.2) is 56.2 Å². The highest BCUT2D eigenvalue weighted by Gasteiger charge is 1.96. The van der Waals surface area contributed by atoms with Gasteiger partial charge in [-0.1, -0.05) is 13.3 Å². The van der Waals surface area contributed by atoms with Crippen LogP contribution in [0.2, 0.25) is 0 Å². The zero-order chi connectivity index (χ0) is 15.2. The maximum absolute atomic E-state index is 11.0. The maximum Gasteiger partial charge on any atom is 0.254 e. The molecule has 0 unspecified atom stereocenters. The maximum atomic E-state index is 11.0.